The van der Waals surface area contributed by atoms with Crippen molar-refractivity contribution < 1.29 is 4.92 Å². The van der Waals surface area contributed by atoms with Gasteiger partial charge in [0.1, 0.15) is 0 Å². The number of hydrogen-bond donors (Lipinski definition) is 1. The number of imidazole rings is 1. The van der Waals surface area contributed by atoms with E-state index in [2.05, 4.69) is 15.2 Å². The molecule has 0 bridgehead atoms. The van der Waals surface area contributed by atoms with Crippen LogP contribution in [-0.4, -0.2) is 65.7 Å². The van der Waals surface area contributed by atoms with Crippen LogP contribution in [0.4, 0.5) is 11.6 Å². The molecular weight excluding hydrogens is 260 g/mol. The second-order valence-corrected chi connectivity index (χ2v) is 5.14. The molecule has 0 aromatic carbocycles. The minimum atomic E-state index is -0.413. The van der Waals surface area contributed by atoms with Gasteiger partial charge in [0.15, 0.2) is 0 Å². The molecule has 0 spiro atoms. The molecule has 1 aromatic heterocycles. The summed E-state index contributed by atoms with van der Waals surface area (Å²) < 4.78 is 1.77. The molecule has 1 N–H and O–H groups in total. The maximum absolute atomic E-state index is 11.1. The van der Waals surface area contributed by atoms with Crippen molar-refractivity contribution in [1.82, 2.24) is 19.8 Å². The first kappa shape index (κ1) is 14.7. The second kappa shape index (κ2) is 6.19. The largest absolute Gasteiger partial charge is 0.406 e. The van der Waals surface area contributed by atoms with Crippen molar-refractivity contribution in [3.8, 4) is 0 Å². The lowest BCUT2D eigenvalue weighted by Crippen LogP contribution is -2.46. The van der Waals surface area contributed by atoms with Crippen LogP contribution >= 0.6 is 0 Å². The average molecular weight is 282 g/mol. The standard InChI is InChI=1S/C12H22N6O2/c1-10-14-11(18(19)20)12(16(10)3)15(2)8-9-17-6-4-13-5-7-17/h13H,4-9H2,1-3H3. The van der Waals surface area contributed by atoms with Crippen molar-refractivity contribution in [2.45, 2.75) is 6.92 Å². The number of rotatable bonds is 5. The van der Waals surface area contributed by atoms with Gasteiger partial charge in [-0.3, -0.25) is 9.47 Å². The van der Waals surface area contributed by atoms with E-state index in [0.29, 0.717) is 11.6 Å². The SMILES string of the molecule is Cc1nc([N+](=O)[O-])c(N(C)CCN2CCNCC2)n1C. The van der Waals surface area contributed by atoms with Crippen molar-refractivity contribution in [3.63, 3.8) is 0 Å². The predicted octanol–water partition coefficient (Wildman–Crippen LogP) is -0.0219. The Morgan fingerprint density at radius 2 is 2.10 bits per heavy atom. The number of nitrogens with one attached hydrogen (secondary N) is 1. The van der Waals surface area contributed by atoms with Gasteiger partial charge in [0.25, 0.3) is 0 Å². The Bertz CT molecular complexity index is 481. The van der Waals surface area contributed by atoms with Crippen LogP contribution < -0.4 is 10.2 Å². The highest BCUT2D eigenvalue weighted by atomic mass is 16.6. The summed E-state index contributed by atoms with van der Waals surface area (Å²) in [5.74, 6) is 1.16. The average Bonchev–Trinajstić information content (AvgIpc) is 2.74. The Morgan fingerprint density at radius 3 is 2.70 bits per heavy atom. The maximum Gasteiger partial charge on any atom is 0.406 e. The highest BCUT2D eigenvalue weighted by Crippen LogP contribution is 2.26. The second-order valence-electron chi connectivity index (χ2n) is 5.14. The van der Waals surface area contributed by atoms with E-state index in [1.54, 1.807) is 11.5 Å². The first-order chi connectivity index (χ1) is 9.50. The number of nitrogens with zero attached hydrogens (tertiary/aromatic N) is 5. The van der Waals surface area contributed by atoms with E-state index in [0.717, 1.165) is 39.3 Å². The van der Waals surface area contributed by atoms with Crippen molar-refractivity contribution in [3.05, 3.63) is 15.9 Å². The molecule has 2 rings (SSSR count). The molecule has 0 aliphatic carbocycles. The lowest BCUT2D eigenvalue weighted by atomic mass is 10.3. The van der Waals surface area contributed by atoms with Crippen LogP contribution in [0.5, 0.6) is 0 Å². The quantitative estimate of drug-likeness (QED) is 0.604. The minimum Gasteiger partial charge on any atom is -0.358 e. The molecule has 112 valence electrons. The molecule has 1 aliphatic heterocycles. The van der Waals surface area contributed by atoms with E-state index in [1.165, 1.54) is 0 Å². The van der Waals surface area contributed by atoms with Crippen molar-refractivity contribution >= 4 is 11.6 Å². The number of nitro groups is 1. The fraction of sp³-hybridized carbons (Fsp3) is 0.750. The van der Waals surface area contributed by atoms with E-state index in [1.807, 2.05) is 19.0 Å². The first-order valence-electron chi connectivity index (χ1n) is 6.82. The van der Waals surface area contributed by atoms with Crippen LogP contribution in [0.15, 0.2) is 0 Å². The summed E-state index contributed by atoms with van der Waals surface area (Å²) in [6, 6.07) is 0. The number of piperazine rings is 1. The summed E-state index contributed by atoms with van der Waals surface area (Å²) >= 11 is 0. The summed E-state index contributed by atoms with van der Waals surface area (Å²) in [6.45, 7) is 7.50. The van der Waals surface area contributed by atoms with Crippen LogP contribution in [0.25, 0.3) is 0 Å². The predicted molar refractivity (Wildman–Crippen MR) is 77.2 cm³/mol. The first-order valence-corrected chi connectivity index (χ1v) is 6.82. The van der Waals surface area contributed by atoms with Crippen LogP contribution in [0, 0.1) is 17.0 Å². The number of aromatic nitrogens is 2. The molecule has 0 atom stereocenters. The fourth-order valence-electron chi connectivity index (χ4n) is 2.46. The molecule has 1 saturated heterocycles. The fourth-order valence-corrected chi connectivity index (χ4v) is 2.46. The van der Waals surface area contributed by atoms with Crippen molar-refractivity contribution in [2.24, 2.45) is 7.05 Å². The molecule has 0 unspecified atom stereocenters. The topological polar surface area (TPSA) is 79.5 Å². The van der Waals surface area contributed by atoms with Gasteiger partial charge in [-0.05, 0) is 9.91 Å². The third-order valence-electron chi connectivity index (χ3n) is 3.77. The van der Waals surface area contributed by atoms with E-state index < -0.39 is 4.92 Å². The number of likely N-dealkylation sites (N-methyl/N-ethyl adjacent to an activating group) is 1. The van der Waals surface area contributed by atoms with E-state index >= 15 is 0 Å². The normalized spacial score (nSPS) is 16.4. The van der Waals surface area contributed by atoms with Crippen LogP contribution in [0.3, 0.4) is 0 Å². The number of aryl methyl sites for hydroxylation is 1. The molecule has 1 aliphatic rings. The zero-order valence-electron chi connectivity index (χ0n) is 12.3. The number of hydrogen-bond acceptors (Lipinski definition) is 6. The Balaban J connectivity index is 2.04. The lowest BCUT2D eigenvalue weighted by Gasteiger charge is -2.29. The van der Waals surface area contributed by atoms with Gasteiger partial charge in [-0.25, -0.2) is 0 Å². The molecule has 20 heavy (non-hydrogen) atoms. The highest BCUT2D eigenvalue weighted by Gasteiger charge is 2.26. The van der Waals surface area contributed by atoms with E-state index in [-0.39, 0.29) is 5.82 Å². The monoisotopic (exact) mass is 282 g/mol. The molecule has 8 heteroatoms. The third kappa shape index (κ3) is 3.07. The van der Waals surface area contributed by atoms with Gasteiger partial charge in [0.2, 0.25) is 11.6 Å². The summed E-state index contributed by atoms with van der Waals surface area (Å²) in [4.78, 5) is 19.0. The molecule has 2 heterocycles. The van der Waals surface area contributed by atoms with Gasteiger partial charge in [0, 0.05) is 60.3 Å². The highest BCUT2D eigenvalue weighted by molar-refractivity contribution is 5.55. The summed E-state index contributed by atoms with van der Waals surface area (Å²) in [5.41, 5.74) is 0. The van der Waals surface area contributed by atoms with Gasteiger partial charge >= 0.3 is 5.82 Å². The summed E-state index contributed by atoms with van der Waals surface area (Å²) in [7, 11) is 3.69. The van der Waals surface area contributed by atoms with Gasteiger partial charge in [-0.2, -0.15) is 0 Å². The molecule has 1 aromatic rings. The Labute approximate surface area is 118 Å². The van der Waals surface area contributed by atoms with Crippen LogP contribution in [0.1, 0.15) is 5.82 Å². The molecule has 8 nitrogen and oxygen atoms in total. The van der Waals surface area contributed by atoms with Crippen LogP contribution in [-0.2, 0) is 7.05 Å². The van der Waals surface area contributed by atoms with Gasteiger partial charge in [-0.15, -0.1) is 0 Å². The Morgan fingerprint density at radius 1 is 1.45 bits per heavy atom. The molecule has 1 fully saturated rings. The van der Waals surface area contributed by atoms with Crippen molar-refractivity contribution in [2.75, 3.05) is 51.2 Å². The van der Waals surface area contributed by atoms with E-state index in [4.69, 9.17) is 0 Å². The molecule has 0 radical (unpaired) electrons. The smallest absolute Gasteiger partial charge is 0.358 e. The van der Waals surface area contributed by atoms with Crippen LogP contribution in [0.2, 0.25) is 0 Å². The van der Waals surface area contributed by atoms with Crippen molar-refractivity contribution in [1.29, 1.82) is 0 Å². The number of anilines is 1. The molecular formula is C12H22N6O2. The molecule has 0 amide bonds. The zero-order chi connectivity index (χ0) is 14.7. The van der Waals surface area contributed by atoms with Gasteiger partial charge < -0.3 is 20.3 Å². The molecule has 0 saturated carbocycles. The van der Waals surface area contributed by atoms with Gasteiger partial charge in [-0.1, -0.05) is 0 Å². The third-order valence-corrected chi connectivity index (χ3v) is 3.77. The zero-order valence-corrected chi connectivity index (χ0v) is 12.3. The summed E-state index contributed by atoms with van der Waals surface area (Å²) in [5, 5.41) is 14.4. The Hall–Kier alpha value is -1.67. The van der Waals surface area contributed by atoms with Gasteiger partial charge in [0.05, 0.1) is 0 Å². The van der Waals surface area contributed by atoms with E-state index in [9.17, 15) is 10.1 Å². The summed E-state index contributed by atoms with van der Waals surface area (Å²) in [6.07, 6.45) is 0. The minimum absolute atomic E-state index is 0.0622. The Kier molecular flexibility index (Phi) is 4.56. The maximum atomic E-state index is 11.1. The lowest BCUT2D eigenvalue weighted by molar-refractivity contribution is -0.388.